The molecule has 2 atom stereocenters. The van der Waals surface area contributed by atoms with Crippen LogP contribution in [-0.4, -0.2) is 25.3 Å². The lowest BCUT2D eigenvalue weighted by Gasteiger charge is -2.19. The van der Waals surface area contributed by atoms with Crippen LogP contribution in [0.4, 0.5) is 0 Å². The first-order valence-corrected chi connectivity index (χ1v) is 4.45. The van der Waals surface area contributed by atoms with Gasteiger partial charge >= 0.3 is 0 Å². The fourth-order valence-electron chi connectivity index (χ4n) is 0.825. The van der Waals surface area contributed by atoms with Crippen LogP contribution < -0.4 is 0 Å². The van der Waals surface area contributed by atoms with Crippen molar-refractivity contribution in [2.75, 3.05) is 6.61 Å². The quantitative estimate of drug-likeness (QED) is 0.552. The summed E-state index contributed by atoms with van der Waals surface area (Å²) < 4.78 is 10.2. The van der Waals surface area contributed by atoms with E-state index in [4.69, 9.17) is 4.74 Å². The molecule has 0 aliphatic carbocycles. The van der Waals surface area contributed by atoms with E-state index in [0.29, 0.717) is 13.1 Å². The summed E-state index contributed by atoms with van der Waals surface area (Å²) in [5, 5.41) is 0. The van der Waals surface area contributed by atoms with Gasteiger partial charge in [-0.1, -0.05) is 13.8 Å². The van der Waals surface area contributed by atoms with E-state index in [1.165, 1.54) is 0 Å². The Morgan fingerprint density at radius 2 is 2.00 bits per heavy atom. The van der Waals surface area contributed by atoms with Crippen LogP contribution in [0.5, 0.6) is 0 Å². The zero-order chi connectivity index (χ0) is 9.40. The molecule has 0 aliphatic heterocycles. The molecule has 3 nitrogen and oxygen atoms in total. The first-order valence-electron chi connectivity index (χ1n) is 4.45. The van der Waals surface area contributed by atoms with Crippen molar-refractivity contribution in [3.05, 3.63) is 0 Å². The second kappa shape index (κ2) is 7.10. The second-order valence-electron chi connectivity index (χ2n) is 2.81. The highest BCUT2D eigenvalue weighted by Gasteiger charge is 2.10. The molecule has 0 rings (SSSR count). The van der Waals surface area contributed by atoms with Crippen LogP contribution in [0.2, 0.25) is 0 Å². The number of ether oxygens (including phenoxy) is 2. The highest BCUT2D eigenvalue weighted by atomic mass is 16.6. The van der Waals surface area contributed by atoms with Crippen LogP contribution in [0, 0.1) is 0 Å². The molecule has 0 spiro atoms. The Balaban J connectivity index is 3.58. The van der Waals surface area contributed by atoms with Crippen LogP contribution >= 0.6 is 0 Å². The van der Waals surface area contributed by atoms with Gasteiger partial charge in [0.25, 0.3) is 6.47 Å². The van der Waals surface area contributed by atoms with Crippen molar-refractivity contribution in [2.45, 2.75) is 45.8 Å². The Kier molecular flexibility index (Phi) is 6.76. The number of carbonyl (C=O) groups excluding carboxylic acids is 1. The first-order chi connectivity index (χ1) is 5.74. The molecule has 2 unspecified atom stereocenters. The summed E-state index contributed by atoms with van der Waals surface area (Å²) in [6.45, 7) is 6.93. The third kappa shape index (κ3) is 5.13. The second-order valence-corrected chi connectivity index (χ2v) is 2.81. The average Bonchev–Trinajstić information content (AvgIpc) is 2.11. The molecule has 0 aromatic carbocycles. The minimum absolute atomic E-state index is 0.0464. The molecule has 0 amide bonds. The molecule has 0 N–H and O–H groups in total. The fraction of sp³-hybridized carbons (Fsp3) is 0.889. The minimum Gasteiger partial charge on any atom is -0.465 e. The summed E-state index contributed by atoms with van der Waals surface area (Å²) in [5.41, 5.74) is 0. The van der Waals surface area contributed by atoms with Crippen molar-refractivity contribution >= 4 is 6.47 Å². The number of rotatable bonds is 7. The highest BCUT2D eigenvalue weighted by molar-refractivity contribution is 5.36. The van der Waals surface area contributed by atoms with Crippen LogP contribution in [0.1, 0.15) is 33.6 Å². The molecule has 0 saturated heterocycles. The Hall–Kier alpha value is -0.570. The zero-order valence-corrected chi connectivity index (χ0v) is 8.08. The Morgan fingerprint density at radius 1 is 1.33 bits per heavy atom. The topological polar surface area (TPSA) is 35.5 Å². The van der Waals surface area contributed by atoms with Crippen LogP contribution in [-0.2, 0) is 14.3 Å². The molecule has 0 aliphatic rings. The van der Waals surface area contributed by atoms with Crippen molar-refractivity contribution in [3.8, 4) is 0 Å². The standard InChI is InChI=1S/C9H18O3/c1-4-8(3)12-9(5-2)6-11-7-10/h7-9H,4-6H2,1-3H3. The van der Waals surface area contributed by atoms with Crippen molar-refractivity contribution in [1.29, 1.82) is 0 Å². The van der Waals surface area contributed by atoms with E-state index in [0.717, 1.165) is 12.8 Å². The third-order valence-electron chi connectivity index (χ3n) is 1.81. The van der Waals surface area contributed by atoms with Gasteiger partial charge in [0.2, 0.25) is 0 Å². The van der Waals surface area contributed by atoms with Crippen molar-refractivity contribution in [3.63, 3.8) is 0 Å². The zero-order valence-electron chi connectivity index (χ0n) is 8.08. The molecule has 3 heteroatoms. The van der Waals surface area contributed by atoms with Gasteiger partial charge in [0, 0.05) is 0 Å². The van der Waals surface area contributed by atoms with Gasteiger partial charge in [0.05, 0.1) is 12.2 Å². The third-order valence-corrected chi connectivity index (χ3v) is 1.81. The number of hydrogen-bond acceptors (Lipinski definition) is 3. The lowest BCUT2D eigenvalue weighted by Crippen LogP contribution is -2.23. The van der Waals surface area contributed by atoms with E-state index in [9.17, 15) is 4.79 Å². The lowest BCUT2D eigenvalue weighted by molar-refractivity contribution is -0.134. The van der Waals surface area contributed by atoms with Gasteiger partial charge in [0.15, 0.2) is 0 Å². The van der Waals surface area contributed by atoms with Gasteiger partial charge in [-0.2, -0.15) is 0 Å². The van der Waals surface area contributed by atoms with Gasteiger partial charge in [-0.25, -0.2) is 0 Å². The van der Waals surface area contributed by atoms with Crippen LogP contribution in [0.15, 0.2) is 0 Å². The normalized spacial score (nSPS) is 15.2. The molecule has 72 valence electrons. The molecule has 0 radical (unpaired) electrons. The predicted octanol–water partition coefficient (Wildman–Crippen LogP) is 1.75. The van der Waals surface area contributed by atoms with E-state index in [2.05, 4.69) is 11.7 Å². The molecule has 0 bridgehead atoms. The van der Waals surface area contributed by atoms with Crippen LogP contribution in [0.25, 0.3) is 0 Å². The van der Waals surface area contributed by atoms with Gasteiger partial charge in [-0.15, -0.1) is 0 Å². The van der Waals surface area contributed by atoms with Crippen molar-refractivity contribution in [1.82, 2.24) is 0 Å². The maximum absolute atomic E-state index is 9.90. The Morgan fingerprint density at radius 3 is 2.42 bits per heavy atom. The van der Waals surface area contributed by atoms with Gasteiger partial charge in [0.1, 0.15) is 6.61 Å². The minimum atomic E-state index is 0.0464. The predicted molar refractivity (Wildman–Crippen MR) is 46.9 cm³/mol. The van der Waals surface area contributed by atoms with Crippen LogP contribution in [0.3, 0.4) is 0 Å². The Labute approximate surface area is 74.0 Å². The highest BCUT2D eigenvalue weighted by Crippen LogP contribution is 2.05. The van der Waals surface area contributed by atoms with E-state index in [1.807, 2.05) is 13.8 Å². The molecule has 0 saturated carbocycles. The number of hydrogen-bond donors (Lipinski definition) is 0. The molecular weight excluding hydrogens is 156 g/mol. The average molecular weight is 174 g/mol. The smallest absolute Gasteiger partial charge is 0.293 e. The van der Waals surface area contributed by atoms with Crippen molar-refractivity contribution in [2.24, 2.45) is 0 Å². The maximum Gasteiger partial charge on any atom is 0.293 e. The molecule has 0 fully saturated rings. The Bertz CT molecular complexity index is 114. The largest absolute Gasteiger partial charge is 0.465 e. The molecule has 12 heavy (non-hydrogen) atoms. The van der Waals surface area contributed by atoms with Crippen molar-refractivity contribution < 1.29 is 14.3 Å². The molecule has 0 aromatic rings. The maximum atomic E-state index is 9.90. The summed E-state index contributed by atoms with van der Waals surface area (Å²) in [4.78, 5) is 9.90. The summed E-state index contributed by atoms with van der Waals surface area (Å²) >= 11 is 0. The number of carbonyl (C=O) groups is 1. The summed E-state index contributed by atoms with van der Waals surface area (Å²) in [6.07, 6.45) is 2.14. The molecular formula is C9H18O3. The summed E-state index contributed by atoms with van der Waals surface area (Å²) in [5.74, 6) is 0. The lowest BCUT2D eigenvalue weighted by atomic mass is 10.2. The monoisotopic (exact) mass is 174 g/mol. The first kappa shape index (κ1) is 11.4. The SMILES string of the molecule is CCC(C)OC(CC)COC=O. The fourth-order valence-corrected chi connectivity index (χ4v) is 0.825. The van der Waals surface area contributed by atoms with Gasteiger partial charge in [-0.05, 0) is 19.8 Å². The summed E-state index contributed by atoms with van der Waals surface area (Å²) in [6, 6.07) is 0. The molecule has 0 aromatic heterocycles. The van der Waals surface area contributed by atoms with E-state index in [1.54, 1.807) is 0 Å². The van der Waals surface area contributed by atoms with E-state index >= 15 is 0 Å². The van der Waals surface area contributed by atoms with Gasteiger partial charge < -0.3 is 9.47 Å². The van der Waals surface area contributed by atoms with Gasteiger partial charge in [-0.3, -0.25) is 4.79 Å². The van der Waals surface area contributed by atoms with E-state index in [-0.39, 0.29) is 12.2 Å². The molecule has 0 heterocycles. The summed E-state index contributed by atoms with van der Waals surface area (Å²) in [7, 11) is 0. The van der Waals surface area contributed by atoms with E-state index < -0.39 is 0 Å².